The summed E-state index contributed by atoms with van der Waals surface area (Å²) in [4.78, 5) is 23.1. The Morgan fingerprint density at radius 2 is 1.95 bits per heavy atom. The van der Waals surface area contributed by atoms with Crippen molar-refractivity contribution in [3.63, 3.8) is 0 Å². The maximum absolute atomic E-state index is 11.9. The lowest BCUT2D eigenvalue weighted by Crippen LogP contribution is -2.42. The Morgan fingerprint density at radius 1 is 1.26 bits per heavy atom. The fourth-order valence-corrected chi connectivity index (χ4v) is 1.71. The van der Waals surface area contributed by atoms with Gasteiger partial charge in [0.1, 0.15) is 6.04 Å². The topological polar surface area (TPSA) is 55.4 Å². The maximum atomic E-state index is 11.9. The van der Waals surface area contributed by atoms with Crippen molar-refractivity contribution in [2.24, 2.45) is 0 Å². The first-order valence-corrected chi connectivity index (χ1v) is 6.61. The molecule has 0 unspecified atom stereocenters. The van der Waals surface area contributed by atoms with Gasteiger partial charge in [0.25, 0.3) is 0 Å². The molecule has 1 amide bonds. The van der Waals surface area contributed by atoms with Crippen molar-refractivity contribution in [1.82, 2.24) is 5.32 Å². The van der Waals surface area contributed by atoms with Crippen molar-refractivity contribution in [3.05, 3.63) is 35.9 Å². The number of benzene rings is 1. The quantitative estimate of drug-likeness (QED) is 0.605. The molecule has 1 atom stereocenters. The summed E-state index contributed by atoms with van der Waals surface area (Å²) >= 11 is 0. The molecule has 4 heteroatoms. The molecular formula is C15H21NO3. The van der Waals surface area contributed by atoms with Crippen LogP contribution in [-0.4, -0.2) is 24.5 Å². The molecule has 1 rings (SSSR count). The van der Waals surface area contributed by atoms with Crippen LogP contribution in [0.4, 0.5) is 0 Å². The fraction of sp³-hybridized carbons (Fsp3) is 0.467. The van der Waals surface area contributed by atoms with E-state index >= 15 is 0 Å². The Balaban J connectivity index is 2.60. The summed E-state index contributed by atoms with van der Waals surface area (Å²) < 4.78 is 5.16. The van der Waals surface area contributed by atoms with E-state index in [9.17, 15) is 9.59 Å². The average molecular weight is 263 g/mol. The molecule has 4 nitrogen and oxygen atoms in total. The van der Waals surface area contributed by atoms with Gasteiger partial charge in [-0.15, -0.1) is 0 Å². The van der Waals surface area contributed by atoms with Crippen molar-refractivity contribution >= 4 is 11.9 Å². The largest absolute Gasteiger partial charge is 0.464 e. The second-order valence-corrected chi connectivity index (χ2v) is 4.46. The lowest BCUT2D eigenvalue weighted by Gasteiger charge is -2.16. The summed E-state index contributed by atoms with van der Waals surface area (Å²) in [5.74, 6) is -0.596. The molecule has 1 N–H and O–H groups in total. The molecule has 0 aliphatic carbocycles. The Labute approximate surface area is 114 Å². The molecule has 0 heterocycles. The molecule has 19 heavy (non-hydrogen) atoms. The second kappa shape index (κ2) is 8.29. The second-order valence-electron chi connectivity index (χ2n) is 4.46. The van der Waals surface area contributed by atoms with E-state index in [4.69, 9.17) is 4.74 Å². The van der Waals surface area contributed by atoms with Gasteiger partial charge >= 0.3 is 5.97 Å². The van der Waals surface area contributed by atoms with Gasteiger partial charge < -0.3 is 10.1 Å². The standard InChI is InChI=1S/C15H21NO3/c1-3-4-10-19-15(18)14(16-12(2)17)11-13-8-6-5-7-9-13/h5-9,14H,3-4,10-11H2,1-2H3,(H,16,17)/t14-/m1/s1. The number of carbonyl (C=O) groups excluding carboxylic acids is 2. The third-order valence-electron chi connectivity index (χ3n) is 2.69. The SMILES string of the molecule is CCCCOC(=O)[C@@H](Cc1ccccc1)NC(C)=O. The number of amides is 1. The van der Waals surface area contributed by atoms with E-state index in [1.807, 2.05) is 37.3 Å². The van der Waals surface area contributed by atoms with Crippen molar-refractivity contribution in [1.29, 1.82) is 0 Å². The van der Waals surface area contributed by atoms with Gasteiger partial charge in [0.05, 0.1) is 6.61 Å². The van der Waals surface area contributed by atoms with E-state index in [2.05, 4.69) is 5.32 Å². The van der Waals surface area contributed by atoms with Crippen LogP contribution in [0.15, 0.2) is 30.3 Å². The number of nitrogens with one attached hydrogen (secondary N) is 1. The molecule has 0 aliphatic heterocycles. The minimum absolute atomic E-state index is 0.228. The van der Waals surface area contributed by atoms with Crippen molar-refractivity contribution in [3.8, 4) is 0 Å². The molecule has 104 valence electrons. The number of esters is 1. The highest BCUT2D eigenvalue weighted by atomic mass is 16.5. The van der Waals surface area contributed by atoms with Gasteiger partial charge in [-0.1, -0.05) is 43.7 Å². The zero-order valence-electron chi connectivity index (χ0n) is 11.5. The van der Waals surface area contributed by atoms with Crippen LogP contribution in [0.25, 0.3) is 0 Å². The lowest BCUT2D eigenvalue weighted by molar-refractivity contribution is -0.147. The number of ether oxygens (including phenoxy) is 1. The van der Waals surface area contributed by atoms with Gasteiger partial charge in [0.15, 0.2) is 0 Å². The van der Waals surface area contributed by atoms with E-state index in [0.29, 0.717) is 13.0 Å². The molecule has 0 aliphatic rings. The van der Waals surface area contributed by atoms with Gasteiger partial charge in [0, 0.05) is 13.3 Å². The summed E-state index contributed by atoms with van der Waals surface area (Å²) in [5, 5.41) is 2.64. The Kier molecular flexibility index (Phi) is 6.64. The Morgan fingerprint density at radius 3 is 2.53 bits per heavy atom. The summed E-state index contributed by atoms with van der Waals surface area (Å²) in [5.41, 5.74) is 0.994. The Bertz CT molecular complexity index is 403. The minimum Gasteiger partial charge on any atom is -0.464 e. The van der Waals surface area contributed by atoms with Crippen LogP contribution in [0.1, 0.15) is 32.3 Å². The first kappa shape index (κ1) is 15.2. The zero-order valence-corrected chi connectivity index (χ0v) is 11.5. The van der Waals surface area contributed by atoms with Crippen LogP contribution < -0.4 is 5.32 Å². The van der Waals surface area contributed by atoms with Crippen LogP contribution >= 0.6 is 0 Å². The number of rotatable bonds is 7. The number of unbranched alkanes of at least 4 members (excludes halogenated alkanes) is 1. The normalized spacial score (nSPS) is 11.7. The number of hydrogen-bond donors (Lipinski definition) is 1. The third-order valence-corrected chi connectivity index (χ3v) is 2.69. The van der Waals surface area contributed by atoms with Crippen LogP contribution in [0.3, 0.4) is 0 Å². The van der Waals surface area contributed by atoms with Crippen LogP contribution in [0.2, 0.25) is 0 Å². The van der Waals surface area contributed by atoms with Gasteiger partial charge in [-0.05, 0) is 12.0 Å². The third kappa shape index (κ3) is 6.04. The molecule has 1 aromatic carbocycles. The molecule has 0 fully saturated rings. The van der Waals surface area contributed by atoms with Crippen molar-refractivity contribution < 1.29 is 14.3 Å². The molecule has 0 aromatic heterocycles. The first-order valence-electron chi connectivity index (χ1n) is 6.61. The summed E-state index contributed by atoms with van der Waals surface area (Å²) in [7, 11) is 0. The highest BCUT2D eigenvalue weighted by Gasteiger charge is 2.21. The highest BCUT2D eigenvalue weighted by Crippen LogP contribution is 2.05. The van der Waals surface area contributed by atoms with E-state index in [1.54, 1.807) is 0 Å². The molecular weight excluding hydrogens is 242 g/mol. The smallest absolute Gasteiger partial charge is 0.328 e. The first-order chi connectivity index (χ1) is 9.13. The van der Waals surface area contributed by atoms with Crippen LogP contribution in [-0.2, 0) is 20.7 Å². The van der Waals surface area contributed by atoms with Crippen LogP contribution in [0, 0.1) is 0 Å². The van der Waals surface area contributed by atoms with Gasteiger partial charge in [-0.2, -0.15) is 0 Å². The number of hydrogen-bond acceptors (Lipinski definition) is 3. The zero-order chi connectivity index (χ0) is 14.1. The maximum Gasteiger partial charge on any atom is 0.328 e. The molecule has 0 spiro atoms. The molecule has 0 saturated heterocycles. The minimum atomic E-state index is -0.614. The van der Waals surface area contributed by atoms with Gasteiger partial charge in [-0.3, -0.25) is 4.79 Å². The van der Waals surface area contributed by atoms with E-state index in [1.165, 1.54) is 6.92 Å². The number of carbonyl (C=O) groups is 2. The monoisotopic (exact) mass is 263 g/mol. The summed E-state index contributed by atoms with van der Waals surface area (Å²) in [6.07, 6.45) is 2.26. The van der Waals surface area contributed by atoms with Crippen molar-refractivity contribution in [2.75, 3.05) is 6.61 Å². The molecule has 1 aromatic rings. The van der Waals surface area contributed by atoms with E-state index < -0.39 is 6.04 Å². The van der Waals surface area contributed by atoms with Crippen molar-refractivity contribution in [2.45, 2.75) is 39.2 Å². The van der Waals surface area contributed by atoms with Gasteiger partial charge in [0.2, 0.25) is 5.91 Å². The molecule has 0 saturated carbocycles. The fourth-order valence-electron chi connectivity index (χ4n) is 1.71. The predicted octanol–water partition coefficient (Wildman–Crippen LogP) is 2.08. The molecule has 0 bridgehead atoms. The van der Waals surface area contributed by atoms with Crippen LogP contribution in [0.5, 0.6) is 0 Å². The Hall–Kier alpha value is -1.84. The predicted molar refractivity (Wildman–Crippen MR) is 73.6 cm³/mol. The summed E-state index contributed by atoms with van der Waals surface area (Å²) in [6, 6.07) is 8.96. The van der Waals surface area contributed by atoms with E-state index in [0.717, 1.165) is 18.4 Å². The highest BCUT2D eigenvalue weighted by molar-refractivity contribution is 5.83. The summed E-state index contributed by atoms with van der Waals surface area (Å²) in [6.45, 7) is 3.83. The lowest BCUT2D eigenvalue weighted by atomic mass is 10.1. The van der Waals surface area contributed by atoms with E-state index in [-0.39, 0.29) is 11.9 Å². The average Bonchev–Trinajstić information content (AvgIpc) is 2.39. The van der Waals surface area contributed by atoms with Gasteiger partial charge in [-0.25, -0.2) is 4.79 Å². The molecule has 0 radical (unpaired) electrons.